The van der Waals surface area contributed by atoms with Gasteiger partial charge in [0, 0.05) is 0 Å². The van der Waals surface area contributed by atoms with Gasteiger partial charge in [-0.3, -0.25) is 0 Å². The zero-order valence-electron chi connectivity index (χ0n) is 14.8. The Morgan fingerprint density at radius 2 is 1.61 bits per heavy atom. The quantitative estimate of drug-likeness (QED) is 0.573. The number of aryl methyl sites for hydroxylation is 1. The topological polar surface area (TPSA) is 0 Å². The fourth-order valence-corrected chi connectivity index (χ4v) is 5.70. The Morgan fingerprint density at radius 1 is 0.826 bits per heavy atom. The van der Waals surface area contributed by atoms with Crippen LogP contribution in [-0.4, -0.2) is 0 Å². The van der Waals surface area contributed by atoms with Gasteiger partial charge in [-0.1, -0.05) is 26.3 Å². The first-order valence-corrected chi connectivity index (χ1v) is 9.91. The lowest BCUT2D eigenvalue weighted by atomic mass is 9.64. The second-order valence-electron chi connectivity index (χ2n) is 8.94. The van der Waals surface area contributed by atoms with Crippen molar-refractivity contribution >= 4 is 0 Å². The number of fused-ring (bicyclic) bond motifs is 2. The van der Waals surface area contributed by atoms with Gasteiger partial charge in [-0.25, -0.2) is 4.39 Å². The molecule has 0 bridgehead atoms. The van der Waals surface area contributed by atoms with Crippen molar-refractivity contribution in [2.45, 2.75) is 77.6 Å². The summed E-state index contributed by atoms with van der Waals surface area (Å²) in [6.07, 6.45) is 11.5. The van der Waals surface area contributed by atoms with Crippen LogP contribution in [-0.2, 0) is 12.8 Å². The van der Waals surface area contributed by atoms with Crippen molar-refractivity contribution in [3.05, 3.63) is 34.6 Å². The standard InChI is InChI=1S/C22H31F/c1-14-3-5-17-11-19(8-7-16(17)9-14)21-12-18-6-4-15(2)10-20(18)13-22(21)23/h12-17,19H,3-11H2,1-2H3. The molecule has 5 atom stereocenters. The molecule has 0 aliphatic heterocycles. The minimum atomic E-state index is 0.0884. The highest BCUT2D eigenvalue weighted by molar-refractivity contribution is 5.37. The third-order valence-electron chi connectivity index (χ3n) is 7.11. The molecule has 5 unspecified atom stereocenters. The molecule has 0 amide bonds. The molecular weight excluding hydrogens is 283 g/mol. The van der Waals surface area contributed by atoms with Crippen molar-refractivity contribution < 1.29 is 4.39 Å². The summed E-state index contributed by atoms with van der Waals surface area (Å²) >= 11 is 0. The lowest BCUT2D eigenvalue weighted by molar-refractivity contribution is 0.124. The van der Waals surface area contributed by atoms with Crippen LogP contribution in [0, 0.1) is 29.5 Å². The molecular formula is C22H31F. The van der Waals surface area contributed by atoms with Crippen molar-refractivity contribution in [2.24, 2.45) is 23.7 Å². The normalized spacial score (nSPS) is 37.1. The molecule has 3 aliphatic carbocycles. The van der Waals surface area contributed by atoms with E-state index in [-0.39, 0.29) is 5.82 Å². The molecule has 0 nitrogen and oxygen atoms in total. The Morgan fingerprint density at radius 3 is 2.48 bits per heavy atom. The van der Waals surface area contributed by atoms with Crippen LogP contribution in [0.4, 0.5) is 4.39 Å². The molecule has 0 N–H and O–H groups in total. The van der Waals surface area contributed by atoms with Gasteiger partial charge in [0.1, 0.15) is 5.82 Å². The summed E-state index contributed by atoms with van der Waals surface area (Å²) in [7, 11) is 0. The average Bonchev–Trinajstić information content (AvgIpc) is 2.53. The van der Waals surface area contributed by atoms with E-state index in [0.29, 0.717) is 11.8 Å². The zero-order valence-corrected chi connectivity index (χ0v) is 14.8. The summed E-state index contributed by atoms with van der Waals surface area (Å²) < 4.78 is 14.8. The van der Waals surface area contributed by atoms with Crippen LogP contribution in [0.1, 0.15) is 81.4 Å². The largest absolute Gasteiger partial charge is 0.207 e. The molecule has 1 aromatic carbocycles. The number of halogens is 1. The summed E-state index contributed by atoms with van der Waals surface area (Å²) in [5.41, 5.74) is 3.78. The molecule has 0 radical (unpaired) electrons. The molecule has 2 fully saturated rings. The van der Waals surface area contributed by atoms with Crippen LogP contribution < -0.4 is 0 Å². The van der Waals surface area contributed by atoms with E-state index in [9.17, 15) is 4.39 Å². The van der Waals surface area contributed by atoms with E-state index in [1.54, 1.807) is 0 Å². The number of hydrogen-bond acceptors (Lipinski definition) is 0. The maximum Gasteiger partial charge on any atom is 0.126 e. The average molecular weight is 314 g/mol. The fourth-order valence-electron chi connectivity index (χ4n) is 5.70. The van der Waals surface area contributed by atoms with Gasteiger partial charge in [0.25, 0.3) is 0 Å². The highest BCUT2D eigenvalue weighted by Gasteiger charge is 2.35. The van der Waals surface area contributed by atoms with Crippen molar-refractivity contribution in [2.75, 3.05) is 0 Å². The SMILES string of the molecule is CC1CCc2cc(C3CCC4CC(C)CCC4C3)c(F)cc2C1. The van der Waals surface area contributed by atoms with Gasteiger partial charge >= 0.3 is 0 Å². The van der Waals surface area contributed by atoms with Gasteiger partial charge in [-0.15, -0.1) is 0 Å². The summed E-state index contributed by atoms with van der Waals surface area (Å²) in [4.78, 5) is 0. The van der Waals surface area contributed by atoms with Crippen molar-refractivity contribution in [3.63, 3.8) is 0 Å². The Kier molecular flexibility index (Phi) is 4.24. The van der Waals surface area contributed by atoms with Gasteiger partial charge < -0.3 is 0 Å². The van der Waals surface area contributed by atoms with Crippen molar-refractivity contribution in [1.29, 1.82) is 0 Å². The summed E-state index contributed by atoms with van der Waals surface area (Å²) in [6, 6.07) is 4.14. The molecule has 0 spiro atoms. The number of rotatable bonds is 1. The van der Waals surface area contributed by atoms with Gasteiger partial charge in [-0.2, -0.15) is 0 Å². The highest BCUT2D eigenvalue weighted by Crippen LogP contribution is 2.48. The minimum Gasteiger partial charge on any atom is -0.207 e. The predicted octanol–water partition coefficient (Wildman–Crippen LogP) is 6.27. The van der Waals surface area contributed by atoms with Crippen molar-refractivity contribution in [3.8, 4) is 0 Å². The smallest absolute Gasteiger partial charge is 0.126 e. The highest BCUT2D eigenvalue weighted by atomic mass is 19.1. The molecule has 126 valence electrons. The van der Waals surface area contributed by atoms with Gasteiger partial charge in [-0.05, 0) is 104 Å². The van der Waals surface area contributed by atoms with E-state index in [0.717, 1.165) is 36.2 Å². The molecule has 0 saturated heterocycles. The van der Waals surface area contributed by atoms with Crippen LogP contribution in [0.15, 0.2) is 12.1 Å². The predicted molar refractivity (Wildman–Crippen MR) is 94.2 cm³/mol. The Bertz CT molecular complexity index is 576. The molecule has 23 heavy (non-hydrogen) atoms. The molecule has 3 aliphatic rings. The van der Waals surface area contributed by atoms with Gasteiger partial charge in [0.2, 0.25) is 0 Å². The van der Waals surface area contributed by atoms with E-state index >= 15 is 0 Å². The van der Waals surface area contributed by atoms with E-state index in [4.69, 9.17) is 0 Å². The molecule has 2 saturated carbocycles. The summed E-state index contributed by atoms with van der Waals surface area (Å²) in [5.74, 6) is 3.99. The second kappa shape index (κ2) is 6.22. The number of benzene rings is 1. The maximum absolute atomic E-state index is 14.8. The van der Waals surface area contributed by atoms with Crippen LogP contribution in [0.2, 0.25) is 0 Å². The molecule has 0 heterocycles. The zero-order chi connectivity index (χ0) is 16.0. The molecule has 0 aromatic heterocycles. The van der Waals surface area contributed by atoms with Gasteiger partial charge in [0.05, 0.1) is 0 Å². The number of hydrogen-bond donors (Lipinski definition) is 0. The Hall–Kier alpha value is -0.850. The summed E-state index contributed by atoms with van der Waals surface area (Å²) in [6.45, 7) is 4.70. The maximum atomic E-state index is 14.8. The third kappa shape index (κ3) is 3.08. The molecule has 1 aromatic rings. The first-order chi connectivity index (χ1) is 11.1. The summed E-state index contributed by atoms with van der Waals surface area (Å²) in [5, 5.41) is 0. The first-order valence-electron chi connectivity index (χ1n) is 9.91. The van der Waals surface area contributed by atoms with Crippen molar-refractivity contribution in [1.82, 2.24) is 0 Å². The second-order valence-corrected chi connectivity index (χ2v) is 8.94. The van der Waals surface area contributed by atoms with Crippen LogP contribution in [0.3, 0.4) is 0 Å². The third-order valence-corrected chi connectivity index (χ3v) is 7.11. The van der Waals surface area contributed by atoms with E-state index < -0.39 is 0 Å². The monoisotopic (exact) mass is 314 g/mol. The van der Waals surface area contributed by atoms with Crippen LogP contribution in [0.5, 0.6) is 0 Å². The van der Waals surface area contributed by atoms with Gasteiger partial charge in [0.15, 0.2) is 0 Å². The Balaban J connectivity index is 1.54. The molecule has 4 rings (SSSR count). The van der Waals surface area contributed by atoms with E-state index in [1.165, 1.54) is 56.1 Å². The van der Waals surface area contributed by atoms with E-state index in [1.807, 2.05) is 6.07 Å². The molecule has 1 heteroatoms. The van der Waals surface area contributed by atoms with E-state index in [2.05, 4.69) is 19.9 Å². The fraction of sp³-hybridized carbons (Fsp3) is 0.727. The van der Waals surface area contributed by atoms with Crippen LogP contribution >= 0.6 is 0 Å². The lowest BCUT2D eigenvalue weighted by Crippen LogP contribution is -2.30. The minimum absolute atomic E-state index is 0.0884. The lowest BCUT2D eigenvalue weighted by Gasteiger charge is -2.42. The van der Waals surface area contributed by atoms with Crippen LogP contribution in [0.25, 0.3) is 0 Å². The Labute approximate surface area is 140 Å². The first kappa shape index (κ1) is 15.7.